The van der Waals surface area contributed by atoms with Gasteiger partial charge in [0, 0.05) is 29.2 Å². The van der Waals surface area contributed by atoms with Gasteiger partial charge in [-0.3, -0.25) is 0 Å². The van der Waals surface area contributed by atoms with Crippen molar-refractivity contribution >= 4 is 23.1 Å². The molecule has 2 N–H and O–H groups in total. The minimum atomic E-state index is 0.232. The van der Waals surface area contributed by atoms with Crippen LogP contribution >= 0.6 is 0 Å². The van der Waals surface area contributed by atoms with E-state index < -0.39 is 0 Å². The van der Waals surface area contributed by atoms with Gasteiger partial charge < -0.3 is 20.1 Å². The van der Waals surface area contributed by atoms with E-state index in [1.807, 2.05) is 43.3 Å². The summed E-state index contributed by atoms with van der Waals surface area (Å²) in [5, 5.41) is 15.4. The van der Waals surface area contributed by atoms with Crippen molar-refractivity contribution in [3.05, 3.63) is 59.8 Å². The molecule has 0 aliphatic carbocycles. The molecule has 0 fully saturated rings. The first-order valence-corrected chi connectivity index (χ1v) is 7.99. The molecule has 26 heavy (non-hydrogen) atoms. The molecule has 0 saturated carbocycles. The molecule has 0 amide bonds. The summed E-state index contributed by atoms with van der Waals surface area (Å²) in [5.74, 6) is 2.51. The second-order valence-corrected chi connectivity index (χ2v) is 5.73. The van der Waals surface area contributed by atoms with Gasteiger partial charge in [0.05, 0.1) is 11.6 Å². The molecule has 0 radical (unpaired) electrons. The number of nitrogens with zero attached hydrogens (tertiary/aromatic N) is 3. The van der Waals surface area contributed by atoms with Gasteiger partial charge in [-0.15, -0.1) is 0 Å². The number of anilines is 4. The number of benzene rings is 2. The van der Waals surface area contributed by atoms with Crippen molar-refractivity contribution in [2.75, 3.05) is 17.4 Å². The molecule has 4 rings (SSSR count). The lowest BCUT2D eigenvalue weighted by Gasteiger charge is -2.10. The lowest BCUT2D eigenvalue weighted by atomic mass is 10.2. The van der Waals surface area contributed by atoms with Crippen molar-refractivity contribution in [1.82, 2.24) is 9.97 Å². The Balaban J connectivity index is 1.57. The van der Waals surface area contributed by atoms with E-state index in [1.165, 1.54) is 0 Å². The Morgan fingerprint density at radius 3 is 2.69 bits per heavy atom. The normalized spacial score (nSPS) is 11.7. The lowest BCUT2D eigenvalue weighted by molar-refractivity contribution is 0.174. The van der Waals surface area contributed by atoms with Gasteiger partial charge >= 0.3 is 0 Å². The molecule has 1 aliphatic rings. The molecule has 0 spiro atoms. The van der Waals surface area contributed by atoms with Gasteiger partial charge in [-0.1, -0.05) is 6.07 Å². The highest BCUT2D eigenvalue weighted by atomic mass is 16.7. The summed E-state index contributed by atoms with van der Waals surface area (Å²) in [6, 6.07) is 16.7. The maximum absolute atomic E-state index is 9.01. The molecule has 2 aromatic carbocycles. The number of hydrogen-bond acceptors (Lipinski definition) is 7. The van der Waals surface area contributed by atoms with Gasteiger partial charge in [-0.25, -0.2) is 4.98 Å². The second-order valence-electron chi connectivity index (χ2n) is 5.73. The molecule has 128 valence electrons. The zero-order valence-corrected chi connectivity index (χ0v) is 14.0. The first kappa shape index (κ1) is 15.7. The number of fused-ring (bicyclic) bond motifs is 1. The first-order valence-electron chi connectivity index (χ1n) is 7.99. The molecule has 1 aromatic heterocycles. The number of ether oxygens (including phenoxy) is 2. The SMILES string of the molecule is Cc1cc(Nc2cccc(C#N)c2)nc(Nc2ccc3c(c2)OCO3)n1. The van der Waals surface area contributed by atoms with E-state index in [2.05, 4.69) is 26.7 Å². The fourth-order valence-electron chi connectivity index (χ4n) is 2.61. The van der Waals surface area contributed by atoms with Crippen LogP contribution in [0.15, 0.2) is 48.5 Å². The third kappa shape index (κ3) is 3.35. The molecule has 0 saturated heterocycles. The summed E-state index contributed by atoms with van der Waals surface area (Å²) < 4.78 is 10.7. The molecule has 7 nitrogen and oxygen atoms in total. The van der Waals surface area contributed by atoms with E-state index in [1.54, 1.807) is 12.1 Å². The van der Waals surface area contributed by atoms with Gasteiger partial charge in [0.15, 0.2) is 11.5 Å². The molecule has 3 aromatic rings. The highest BCUT2D eigenvalue weighted by molar-refractivity contribution is 5.63. The van der Waals surface area contributed by atoms with Crippen LogP contribution in [0.4, 0.5) is 23.1 Å². The first-order chi connectivity index (χ1) is 12.7. The van der Waals surface area contributed by atoms with Gasteiger partial charge in [0.2, 0.25) is 12.7 Å². The average molecular weight is 345 g/mol. The number of nitriles is 1. The minimum Gasteiger partial charge on any atom is -0.454 e. The standard InChI is InChI=1S/C19H15N5O2/c1-12-7-18(22-14-4-2-3-13(8-14)10-20)24-19(21-12)23-15-5-6-16-17(9-15)26-11-25-16/h2-9H,11H2,1H3,(H2,21,22,23,24). The monoisotopic (exact) mass is 345 g/mol. The Labute approximate surface area is 150 Å². The fourth-order valence-corrected chi connectivity index (χ4v) is 2.61. The van der Waals surface area contributed by atoms with Gasteiger partial charge in [0.25, 0.3) is 0 Å². The zero-order valence-electron chi connectivity index (χ0n) is 14.0. The summed E-state index contributed by atoms with van der Waals surface area (Å²) >= 11 is 0. The largest absolute Gasteiger partial charge is 0.454 e. The molecular formula is C19H15N5O2. The van der Waals surface area contributed by atoms with Crippen molar-refractivity contribution in [3.8, 4) is 17.6 Å². The van der Waals surface area contributed by atoms with Crippen LogP contribution in [-0.4, -0.2) is 16.8 Å². The Bertz CT molecular complexity index is 1010. The number of aromatic nitrogens is 2. The number of aryl methyl sites for hydroxylation is 1. The summed E-state index contributed by atoms with van der Waals surface area (Å²) in [6.45, 7) is 2.12. The summed E-state index contributed by atoms with van der Waals surface area (Å²) in [4.78, 5) is 8.90. The van der Waals surface area contributed by atoms with Crippen LogP contribution in [0.2, 0.25) is 0 Å². The smallest absolute Gasteiger partial charge is 0.231 e. The third-order valence-corrected chi connectivity index (χ3v) is 3.75. The van der Waals surface area contributed by atoms with Crippen molar-refractivity contribution in [2.24, 2.45) is 0 Å². The predicted molar refractivity (Wildman–Crippen MR) is 97.1 cm³/mol. The maximum Gasteiger partial charge on any atom is 0.231 e. The number of rotatable bonds is 4. The van der Waals surface area contributed by atoms with Crippen LogP contribution in [0.5, 0.6) is 11.5 Å². The Morgan fingerprint density at radius 1 is 0.962 bits per heavy atom. The zero-order chi connectivity index (χ0) is 17.9. The minimum absolute atomic E-state index is 0.232. The lowest BCUT2D eigenvalue weighted by Crippen LogP contribution is -2.02. The molecule has 0 atom stereocenters. The van der Waals surface area contributed by atoms with Crippen molar-refractivity contribution in [1.29, 1.82) is 5.26 Å². The fraction of sp³-hybridized carbons (Fsp3) is 0.105. The molecule has 7 heteroatoms. The van der Waals surface area contributed by atoms with Crippen LogP contribution in [0, 0.1) is 18.3 Å². The Hall–Kier alpha value is -3.79. The summed E-state index contributed by atoms with van der Waals surface area (Å²) in [5.41, 5.74) is 2.98. The van der Waals surface area contributed by atoms with Gasteiger partial charge in [-0.2, -0.15) is 10.2 Å². The molecule has 1 aliphatic heterocycles. The average Bonchev–Trinajstić information content (AvgIpc) is 3.09. The molecular weight excluding hydrogens is 330 g/mol. The Kier molecular flexibility index (Phi) is 4.00. The third-order valence-electron chi connectivity index (χ3n) is 3.75. The maximum atomic E-state index is 9.01. The van der Waals surface area contributed by atoms with Crippen LogP contribution in [-0.2, 0) is 0 Å². The summed E-state index contributed by atoms with van der Waals surface area (Å²) in [6.07, 6.45) is 0. The van der Waals surface area contributed by atoms with Crippen LogP contribution in [0.1, 0.15) is 11.3 Å². The summed E-state index contributed by atoms with van der Waals surface area (Å²) in [7, 11) is 0. The molecule has 2 heterocycles. The number of nitrogens with one attached hydrogen (secondary N) is 2. The van der Waals surface area contributed by atoms with E-state index >= 15 is 0 Å². The molecule has 0 unspecified atom stereocenters. The van der Waals surface area contributed by atoms with E-state index in [9.17, 15) is 0 Å². The highest BCUT2D eigenvalue weighted by Gasteiger charge is 2.13. The number of hydrogen-bond donors (Lipinski definition) is 2. The van der Waals surface area contributed by atoms with E-state index in [-0.39, 0.29) is 6.79 Å². The quantitative estimate of drug-likeness (QED) is 0.741. The van der Waals surface area contributed by atoms with E-state index in [0.717, 1.165) is 22.8 Å². The van der Waals surface area contributed by atoms with Crippen LogP contribution in [0.3, 0.4) is 0 Å². The Morgan fingerprint density at radius 2 is 1.81 bits per heavy atom. The van der Waals surface area contributed by atoms with Crippen LogP contribution in [0.25, 0.3) is 0 Å². The predicted octanol–water partition coefficient (Wildman–Crippen LogP) is 3.87. The van der Waals surface area contributed by atoms with Crippen LogP contribution < -0.4 is 20.1 Å². The van der Waals surface area contributed by atoms with E-state index in [0.29, 0.717) is 23.1 Å². The topological polar surface area (TPSA) is 92.1 Å². The van der Waals surface area contributed by atoms with Gasteiger partial charge in [-0.05, 0) is 37.3 Å². The second kappa shape index (κ2) is 6.61. The van der Waals surface area contributed by atoms with Gasteiger partial charge in [0.1, 0.15) is 5.82 Å². The van der Waals surface area contributed by atoms with E-state index in [4.69, 9.17) is 14.7 Å². The highest BCUT2D eigenvalue weighted by Crippen LogP contribution is 2.34. The van der Waals surface area contributed by atoms with Crippen molar-refractivity contribution in [2.45, 2.75) is 6.92 Å². The van der Waals surface area contributed by atoms with Crippen molar-refractivity contribution in [3.63, 3.8) is 0 Å². The molecule has 0 bridgehead atoms. The van der Waals surface area contributed by atoms with Crippen molar-refractivity contribution < 1.29 is 9.47 Å².